The zero-order valence-electron chi connectivity index (χ0n) is 14.8. The lowest BCUT2D eigenvalue weighted by atomic mass is 9.97. The number of nitrogens with one attached hydrogen (secondary N) is 1. The molecule has 3 rings (SSSR count). The summed E-state index contributed by atoms with van der Waals surface area (Å²) in [7, 11) is -3.67. The quantitative estimate of drug-likeness (QED) is 0.607. The van der Waals surface area contributed by atoms with Gasteiger partial charge in [0.05, 0.1) is 11.1 Å². The summed E-state index contributed by atoms with van der Waals surface area (Å²) in [6, 6.07) is 14.5. The Balaban J connectivity index is 1.84. The van der Waals surface area contributed by atoms with Gasteiger partial charge in [0, 0.05) is 5.56 Å². The summed E-state index contributed by atoms with van der Waals surface area (Å²) in [6.07, 6.45) is 6.62. The van der Waals surface area contributed by atoms with Crippen LogP contribution in [0, 0.1) is 6.92 Å². The van der Waals surface area contributed by atoms with Gasteiger partial charge in [-0.25, -0.2) is 4.83 Å². The first-order chi connectivity index (χ1) is 12.5. The van der Waals surface area contributed by atoms with E-state index in [4.69, 9.17) is 0 Å². The molecule has 0 amide bonds. The van der Waals surface area contributed by atoms with Crippen molar-refractivity contribution in [2.24, 2.45) is 5.10 Å². The van der Waals surface area contributed by atoms with Crippen LogP contribution in [-0.2, 0) is 10.0 Å². The molecule has 0 heterocycles. The van der Waals surface area contributed by atoms with Gasteiger partial charge in [-0.1, -0.05) is 54.6 Å². The summed E-state index contributed by atoms with van der Waals surface area (Å²) in [5.74, 6) is 0. The zero-order valence-corrected chi connectivity index (χ0v) is 15.6. The molecule has 2 aromatic carbocycles. The van der Waals surface area contributed by atoms with Crippen molar-refractivity contribution in [2.45, 2.75) is 31.1 Å². The predicted octanol–water partition coefficient (Wildman–Crippen LogP) is 4.43. The molecule has 2 aromatic rings. The van der Waals surface area contributed by atoms with Crippen molar-refractivity contribution in [1.82, 2.24) is 4.83 Å². The maximum absolute atomic E-state index is 12.3. The molecule has 4 nitrogen and oxygen atoms in total. The monoisotopic (exact) mass is 366 g/mol. The summed E-state index contributed by atoms with van der Waals surface area (Å²) in [5, 5.41) is 3.98. The highest BCUT2D eigenvalue weighted by molar-refractivity contribution is 7.89. The lowest BCUT2D eigenvalue weighted by Gasteiger charge is -2.09. The molecule has 1 aliphatic rings. The van der Waals surface area contributed by atoms with Crippen LogP contribution in [0.4, 0.5) is 0 Å². The van der Waals surface area contributed by atoms with Crippen molar-refractivity contribution in [3.8, 4) is 0 Å². The van der Waals surface area contributed by atoms with Gasteiger partial charge in [0.25, 0.3) is 10.0 Å². The molecular formula is C21H22N2O2S. The smallest absolute Gasteiger partial charge is 0.200 e. The van der Waals surface area contributed by atoms with Crippen molar-refractivity contribution in [1.29, 1.82) is 0 Å². The van der Waals surface area contributed by atoms with Crippen molar-refractivity contribution in [3.05, 3.63) is 83.4 Å². The average Bonchev–Trinajstić information content (AvgIpc) is 3.11. The first-order valence-corrected chi connectivity index (χ1v) is 10.0. The number of rotatable bonds is 6. The molecule has 0 atom stereocenters. The maximum atomic E-state index is 12.3. The van der Waals surface area contributed by atoms with E-state index in [-0.39, 0.29) is 4.90 Å². The molecule has 0 fully saturated rings. The molecule has 0 saturated heterocycles. The number of hydrogen-bond donors (Lipinski definition) is 1. The van der Waals surface area contributed by atoms with E-state index in [2.05, 4.69) is 16.5 Å². The van der Waals surface area contributed by atoms with E-state index in [0.717, 1.165) is 36.0 Å². The second kappa shape index (κ2) is 7.70. The first-order valence-electron chi connectivity index (χ1n) is 8.56. The number of allylic oxidation sites excluding steroid dienone is 3. The topological polar surface area (TPSA) is 58.5 Å². The van der Waals surface area contributed by atoms with Crippen LogP contribution in [0.5, 0.6) is 0 Å². The predicted molar refractivity (Wildman–Crippen MR) is 107 cm³/mol. The molecule has 1 N–H and O–H groups in total. The van der Waals surface area contributed by atoms with Gasteiger partial charge in [-0.2, -0.15) is 13.5 Å². The van der Waals surface area contributed by atoms with Crippen LogP contribution in [0.3, 0.4) is 0 Å². The van der Waals surface area contributed by atoms with Gasteiger partial charge in [-0.3, -0.25) is 0 Å². The van der Waals surface area contributed by atoms with Gasteiger partial charge >= 0.3 is 0 Å². The van der Waals surface area contributed by atoms with E-state index < -0.39 is 10.0 Å². The Morgan fingerprint density at radius 2 is 1.81 bits per heavy atom. The summed E-state index contributed by atoms with van der Waals surface area (Å²) in [4.78, 5) is 2.49. The lowest BCUT2D eigenvalue weighted by Crippen LogP contribution is -2.18. The van der Waals surface area contributed by atoms with Crippen molar-refractivity contribution in [2.75, 3.05) is 0 Å². The van der Waals surface area contributed by atoms with Crippen molar-refractivity contribution in [3.63, 3.8) is 0 Å². The van der Waals surface area contributed by atoms with Gasteiger partial charge in [0.1, 0.15) is 0 Å². The normalized spacial score (nSPS) is 14.8. The fraction of sp³-hybridized carbons (Fsp3) is 0.190. The molecule has 0 spiro atoms. The summed E-state index contributed by atoms with van der Waals surface area (Å²) >= 11 is 0. The van der Waals surface area contributed by atoms with Crippen LogP contribution in [0.1, 0.15) is 36.0 Å². The number of hydrogen-bond acceptors (Lipinski definition) is 3. The third kappa shape index (κ3) is 3.94. The second-order valence-corrected chi connectivity index (χ2v) is 7.98. The average molecular weight is 366 g/mol. The Kier molecular flexibility index (Phi) is 5.38. The van der Waals surface area contributed by atoms with E-state index in [9.17, 15) is 8.42 Å². The van der Waals surface area contributed by atoms with Gasteiger partial charge in [0.15, 0.2) is 0 Å². The Morgan fingerprint density at radius 1 is 1.08 bits per heavy atom. The number of sulfonamides is 1. The molecule has 1 aliphatic carbocycles. The zero-order chi connectivity index (χ0) is 18.6. The molecule has 0 aromatic heterocycles. The number of aryl methyl sites for hydroxylation is 1. The van der Waals surface area contributed by atoms with E-state index in [0.29, 0.717) is 0 Å². The highest BCUT2D eigenvalue weighted by Gasteiger charge is 2.16. The van der Waals surface area contributed by atoms with Crippen molar-refractivity contribution < 1.29 is 8.42 Å². The van der Waals surface area contributed by atoms with Crippen LogP contribution in [0.15, 0.2) is 76.8 Å². The molecule has 0 radical (unpaired) electrons. The highest BCUT2D eigenvalue weighted by atomic mass is 32.2. The fourth-order valence-electron chi connectivity index (χ4n) is 3.12. The van der Waals surface area contributed by atoms with E-state index in [1.54, 1.807) is 30.5 Å². The SMILES string of the molecule is C=CC1=C(c2ccccc2/C=N/NS(=O)(=O)c2ccc(C)cc2)CCC1. The Labute approximate surface area is 155 Å². The second-order valence-electron chi connectivity index (χ2n) is 6.31. The molecule has 134 valence electrons. The minimum atomic E-state index is -3.67. The van der Waals surface area contributed by atoms with E-state index >= 15 is 0 Å². The molecule has 5 heteroatoms. The molecule has 0 unspecified atom stereocenters. The van der Waals surface area contributed by atoms with Crippen LogP contribution in [-0.4, -0.2) is 14.6 Å². The van der Waals surface area contributed by atoms with Gasteiger partial charge < -0.3 is 0 Å². The standard InChI is InChI=1S/C21H22N2O2S/c1-3-17-8-6-10-20(17)21-9-5-4-7-18(21)15-22-23-26(24,25)19-13-11-16(2)12-14-19/h3-5,7,9,11-15,23H,1,6,8,10H2,2H3/b22-15+. The van der Waals surface area contributed by atoms with Gasteiger partial charge in [0.2, 0.25) is 0 Å². The van der Waals surface area contributed by atoms with Crippen LogP contribution in [0.2, 0.25) is 0 Å². The molecule has 0 bridgehead atoms. The van der Waals surface area contributed by atoms with Crippen molar-refractivity contribution >= 4 is 21.8 Å². The molecule has 0 aliphatic heterocycles. The number of nitrogens with zero attached hydrogens (tertiary/aromatic N) is 1. The van der Waals surface area contributed by atoms with Crippen LogP contribution in [0.25, 0.3) is 5.57 Å². The van der Waals surface area contributed by atoms with Crippen LogP contribution >= 0.6 is 0 Å². The largest absolute Gasteiger partial charge is 0.276 e. The molecular weight excluding hydrogens is 344 g/mol. The van der Waals surface area contributed by atoms with Crippen LogP contribution < -0.4 is 4.83 Å². The third-order valence-corrected chi connectivity index (χ3v) is 5.74. The lowest BCUT2D eigenvalue weighted by molar-refractivity contribution is 0.584. The fourth-order valence-corrected chi connectivity index (χ4v) is 3.91. The number of benzene rings is 2. The third-order valence-electron chi connectivity index (χ3n) is 4.50. The van der Waals surface area contributed by atoms with Gasteiger partial charge in [-0.15, -0.1) is 0 Å². The maximum Gasteiger partial charge on any atom is 0.276 e. The minimum Gasteiger partial charge on any atom is -0.200 e. The first kappa shape index (κ1) is 18.1. The Bertz CT molecular complexity index is 971. The van der Waals surface area contributed by atoms with E-state index in [1.165, 1.54) is 11.1 Å². The summed E-state index contributed by atoms with van der Waals surface area (Å²) in [6.45, 7) is 5.81. The Morgan fingerprint density at radius 3 is 2.54 bits per heavy atom. The number of hydrazone groups is 1. The molecule has 0 saturated carbocycles. The summed E-state index contributed by atoms with van der Waals surface area (Å²) in [5.41, 5.74) is 5.49. The summed E-state index contributed by atoms with van der Waals surface area (Å²) < 4.78 is 24.7. The van der Waals surface area contributed by atoms with Gasteiger partial charge in [-0.05, 0) is 55.0 Å². The minimum absolute atomic E-state index is 0.195. The Hall–Kier alpha value is -2.66. The highest BCUT2D eigenvalue weighted by Crippen LogP contribution is 2.35. The van der Waals surface area contributed by atoms with E-state index in [1.807, 2.05) is 37.3 Å². The molecule has 26 heavy (non-hydrogen) atoms.